The summed E-state index contributed by atoms with van der Waals surface area (Å²) in [5, 5.41) is 14.6. The lowest BCUT2D eigenvalue weighted by molar-refractivity contribution is -0.139. The zero-order valence-corrected chi connectivity index (χ0v) is 20.2. The van der Waals surface area contributed by atoms with Gasteiger partial charge in [-0.1, -0.05) is 74.0 Å². The summed E-state index contributed by atoms with van der Waals surface area (Å²) in [6, 6.07) is 14.8. The van der Waals surface area contributed by atoms with Crippen molar-refractivity contribution in [2.24, 2.45) is 5.41 Å². The molecule has 3 N–H and O–H groups in total. The summed E-state index contributed by atoms with van der Waals surface area (Å²) >= 11 is 0. The third-order valence-electron chi connectivity index (χ3n) is 6.95. The van der Waals surface area contributed by atoms with E-state index in [1.807, 2.05) is 48.5 Å². The fraction of sp³-hybridized carbons (Fsp3) is 0.393. The molecule has 0 heterocycles. The van der Waals surface area contributed by atoms with Gasteiger partial charge in [0, 0.05) is 17.9 Å². The molecule has 184 valence electrons. The van der Waals surface area contributed by atoms with Gasteiger partial charge in [-0.15, -0.1) is 0 Å². The zero-order chi connectivity index (χ0) is 25.0. The smallest absolute Gasteiger partial charge is 0.407 e. The summed E-state index contributed by atoms with van der Waals surface area (Å²) in [6.45, 7) is 4.55. The first kappa shape index (κ1) is 24.5. The second-order valence-corrected chi connectivity index (χ2v) is 9.84. The highest BCUT2D eigenvalue weighted by Gasteiger charge is 2.31. The molecule has 0 saturated carbocycles. The molecular weight excluding hydrogens is 444 g/mol. The molecule has 2 aromatic rings. The number of carboxylic acid groups (broad SMARTS) is 1. The van der Waals surface area contributed by atoms with Crippen molar-refractivity contribution < 1.29 is 24.2 Å². The fourth-order valence-corrected chi connectivity index (χ4v) is 5.00. The highest BCUT2D eigenvalue weighted by Crippen LogP contribution is 2.44. The molecule has 0 radical (unpaired) electrons. The van der Waals surface area contributed by atoms with Gasteiger partial charge in [-0.05, 0) is 41.5 Å². The lowest BCUT2D eigenvalue weighted by Crippen LogP contribution is -2.50. The van der Waals surface area contributed by atoms with Gasteiger partial charge in [0.25, 0.3) is 0 Å². The summed E-state index contributed by atoms with van der Waals surface area (Å²) in [4.78, 5) is 36.8. The van der Waals surface area contributed by atoms with Crippen LogP contribution >= 0.6 is 0 Å². The summed E-state index contributed by atoms with van der Waals surface area (Å²) in [6.07, 6.45) is 4.01. The number of aliphatic carboxylic acids is 1. The zero-order valence-electron chi connectivity index (χ0n) is 20.2. The molecule has 2 aromatic carbocycles. The number of fused-ring (bicyclic) bond motifs is 3. The van der Waals surface area contributed by atoms with Crippen LogP contribution in [0.15, 0.2) is 60.2 Å². The molecule has 0 aliphatic heterocycles. The minimum absolute atomic E-state index is 0.0858. The lowest BCUT2D eigenvalue weighted by Gasteiger charge is -2.28. The molecule has 0 fully saturated rings. The van der Waals surface area contributed by atoms with Crippen molar-refractivity contribution in [3.8, 4) is 11.1 Å². The molecule has 1 unspecified atom stereocenters. The molecule has 2 amide bonds. The minimum atomic E-state index is -1.23. The van der Waals surface area contributed by atoms with Crippen LogP contribution in [-0.4, -0.2) is 42.3 Å². The quantitative estimate of drug-likeness (QED) is 0.458. The molecule has 2 aliphatic carbocycles. The van der Waals surface area contributed by atoms with Crippen molar-refractivity contribution in [2.75, 3.05) is 13.2 Å². The number of allylic oxidation sites excluding steroid dienone is 1. The van der Waals surface area contributed by atoms with Gasteiger partial charge in [0.1, 0.15) is 12.6 Å². The lowest BCUT2D eigenvalue weighted by atomic mass is 9.83. The molecule has 2 aliphatic rings. The SMILES string of the molecule is CC(C)(CNC(=O)C(CC(=O)O)NC(=O)OCC1c2ccccc2-c2ccccc21)C1=CCCC1. The summed E-state index contributed by atoms with van der Waals surface area (Å²) < 4.78 is 5.50. The molecule has 7 nitrogen and oxygen atoms in total. The van der Waals surface area contributed by atoms with E-state index in [2.05, 4.69) is 30.6 Å². The highest BCUT2D eigenvalue weighted by molar-refractivity contribution is 5.89. The standard InChI is InChI=1S/C28H32N2O5/c1-28(2,18-9-3-4-10-18)17-29-26(33)24(15-25(31)32)30-27(34)35-16-23-21-13-7-5-11-19(21)20-12-6-8-14-22(20)23/h5-9,11-14,23-24H,3-4,10,15-17H2,1-2H3,(H,29,33)(H,30,34)(H,31,32). The third kappa shape index (κ3) is 5.56. The molecular formula is C28H32N2O5. The van der Waals surface area contributed by atoms with E-state index in [9.17, 15) is 19.5 Å². The van der Waals surface area contributed by atoms with Crippen LogP contribution in [-0.2, 0) is 14.3 Å². The van der Waals surface area contributed by atoms with Crippen LogP contribution in [0.3, 0.4) is 0 Å². The van der Waals surface area contributed by atoms with Crippen LogP contribution < -0.4 is 10.6 Å². The molecule has 4 rings (SSSR count). The second kappa shape index (κ2) is 10.3. The third-order valence-corrected chi connectivity index (χ3v) is 6.95. The van der Waals surface area contributed by atoms with Crippen LogP contribution in [0.4, 0.5) is 4.79 Å². The Balaban J connectivity index is 1.37. The number of benzene rings is 2. The number of amides is 2. The van der Waals surface area contributed by atoms with E-state index < -0.39 is 30.4 Å². The van der Waals surface area contributed by atoms with E-state index in [-0.39, 0.29) is 17.9 Å². The molecule has 0 saturated heterocycles. The Morgan fingerprint density at radius 3 is 2.26 bits per heavy atom. The first-order valence-corrected chi connectivity index (χ1v) is 12.1. The number of hydrogen-bond donors (Lipinski definition) is 3. The van der Waals surface area contributed by atoms with Gasteiger partial charge in [-0.25, -0.2) is 4.79 Å². The number of nitrogens with one attached hydrogen (secondary N) is 2. The Hall–Kier alpha value is -3.61. The van der Waals surface area contributed by atoms with Crippen molar-refractivity contribution in [1.82, 2.24) is 10.6 Å². The summed E-state index contributed by atoms with van der Waals surface area (Å²) in [5.74, 6) is -1.84. The van der Waals surface area contributed by atoms with Crippen molar-refractivity contribution in [3.05, 3.63) is 71.3 Å². The molecule has 0 bridgehead atoms. The van der Waals surface area contributed by atoms with Crippen LogP contribution in [0.2, 0.25) is 0 Å². The maximum atomic E-state index is 12.8. The van der Waals surface area contributed by atoms with Crippen molar-refractivity contribution >= 4 is 18.0 Å². The number of rotatable bonds is 9. The van der Waals surface area contributed by atoms with Crippen molar-refractivity contribution in [3.63, 3.8) is 0 Å². The molecule has 0 aromatic heterocycles. The first-order chi connectivity index (χ1) is 16.8. The van der Waals surface area contributed by atoms with E-state index in [4.69, 9.17) is 4.74 Å². The number of carboxylic acids is 1. The molecule has 1 atom stereocenters. The van der Waals surface area contributed by atoms with E-state index in [0.29, 0.717) is 6.54 Å². The first-order valence-electron chi connectivity index (χ1n) is 12.1. The van der Waals surface area contributed by atoms with Crippen LogP contribution in [0.1, 0.15) is 56.6 Å². The van der Waals surface area contributed by atoms with Gasteiger partial charge in [0.2, 0.25) is 5.91 Å². The summed E-state index contributed by atoms with van der Waals surface area (Å²) in [5.41, 5.74) is 5.43. The summed E-state index contributed by atoms with van der Waals surface area (Å²) in [7, 11) is 0. The van der Waals surface area contributed by atoms with Crippen LogP contribution in [0, 0.1) is 5.41 Å². The Morgan fingerprint density at radius 1 is 1.06 bits per heavy atom. The number of hydrogen-bond acceptors (Lipinski definition) is 4. The van der Waals surface area contributed by atoms with Gasteiger partial charge in [0.15, 0.2) is 0 Å². The van der Waals surface area contributed by atoms with E-state index in [1.54, 1.807) is 0 Å². The monoisotopic (exact) mass is 476 g/mol. The maximum Gasteiger partial charge on any atom is 0.407 e. The minimum Gasteiger partial charge on any atom is -0.481 e. The van der Waals surface area contributed by atoms with E-state index >= 15 is 0 Å². The average Bonchev–Trinajstić information content (AvgIpc) is 3.48. The number of carbonyl (C=O) groups excluding carboxylic acids is 2. The number of ether oxygens (including phenoxy) is 1. The van der Waals surface area contributed by atoms with E-state index in [0.717, 1.165) is 41.5 Å². The van der Waals surface area contributed by atoms with Gasteiger partial charge in [-0.2, -0.15) is 0 Å². The Labute approximate surface area is 205 Å². The van der Waals surface area contributed by atoms with Crippen LogP contribution in [0.25, 0.3) is 11.1 Å². The van der Waals surface area contributed by atoms with Gasteiger partial charge >= 0.3 is 12.1 Å². The maximum absolute atomic E-state index is 12.8. The van der Waals surface area contributed by atoms with Crippen molar-refractivity contribution in [2.45, 2.75) is 51.5 Å². The number of alkyl carbamates (subject to hydrolysis) is 1. The Kier molecular flexibility index (Phi) is 7.24. The normalized spacial score (nSPS) is 15.5. The largest absolute Gasteiger partial charge is 0.481 e. The predicted molar refractivity (Wildman–Crippen MR) is 133 cm³/mol. The second-order valence-electron chi connectivity index (χ2n) is 9.84. The molecule has 7 heteroatoms. The fourth-order valence-electron chi connectivity index (χ4n) is 5.00. The Morgan fingerprint density at radius 2 is 1.69 bits per heavy atom. The molecule has 35 heavy (non-hydrogen) atoms. The van der Waals surface area contributed by atoms with E-state index in [1.165, 1.54) is 5.57 Å². The Bertz CT molecular complexity index is 1110. The van der Waals surface area contributed by atoms with Crippen LogP contribution in [0.5, 0.6) is 0 Å². The van der Waals surface area contributed by atoms with Gasteiger partial charge in [-0.3, -0.25) is 9.59 Å². The predicted octanol–water partition coefficient (Wildman–Crippen LogP) is 4.62. The van der Waals surface area contributed by atoms with Gasteiger partial charge < -0.3 is 20.5 Å². The van der Waals surface area contributed by atoms with Gasteiger partial charge in [0.05, 0.1) is 6.42 Å². The molecule has 0 spiro atoms. The van der Waals surface area contributed by atoms with Crippen molar-refractivity contribution in [1.29, 1.82) is 0 Å². The highest BCUT2D eigenvalue weighted by atomic mass is 16.5. The number of carbonyl (C=O) groups is 3. The average molecular weight is 477 g/mol. The topological polar surface area (TPSA) is 105 Å².